The Morgan fingerprint density at radius 2 is 1.87 bits per heavy atom. The molecular formula is C17H23NO4S. The highest BCUT2D eigenvalue weighted by Crippen LogP contribution is 2.41. The summed E-state index contributed by atoms with van der Waals surface area (Å²) in [6.45, 7) is 2.28. The lowest BCUT2D eigenvalue weighted by Gasteiger charge is -2.33. The van der Waals surface area contributed by atoms with Crippen LogP contribution in [0.25, 0.3) is 5.57 Å². The van der Waals surface area contributed by atoms with E-state index in [1.54, 1.807) is 5.57 Å². The molecule has 1 aliphatic heterocycles. The average molecular weight is 337 g/mol. The van der Waals surface area contributed by atoms with Gasteiger partial charge >= 0.3 is 10.4 Å². The van der Waals surface area contributed by atoms with Crippen LogP contribution in [0.15, 0.2) is 41.6 Å². The maximum atomic E-state index is 9.33. The number of nitrogens with zero attached hydrogens (tertiary/aromatic N) is 1. The minimum absolute atomic E-state index is 0.870. The Balaban J connectivity index is 0.000000277. The molecule has 0 unspecified atom stereocenters. The number of likely N-dealkylation sites (N-methyl/N-ethyl adjacent to an activating group) is 1. The van der Waals surface area contributed by atoms with Gasteiger partial charge in [-0.05, 0) is 49.8 Å². The van der Waals surface area contributed by atoms with E-state index in [1.807, 2.05) is 0 Å². The molecule has 1 aromatic carbocycles. The van der Waals surface area contributed by atoms with Crippen LogP contribution in [0.1, 0.15) is 38.2 Å². The third kappa shape index (κ3) is 4.22. The summed E-state index contributed by atoms with van der Waals surface area (Å²) >= 11 is 0. The van der Waals surface area contributed by atoms with Crippen molar-refractivity contribution in [2.24, 2.45) is 0 Å². The van der Waals surface area contributed by atoms with E-state index in [4.69, 9.17) is 4.55 Å². The van der Waals surface area contributed by atoms with Gasteiger partial charge in [-0.25, -0.2) is 0 Å². The van der Waals surface area contributed by atoms with Crippen LogP contribution in [0.5, 0.6) is 0 Å². The van der Waals surface area contributed by atoms with Crippen LogP contribution >= 0.6 is 0 Å². The highest BCUT2D eigenvalue weighted by Gasteiger charge is 2.24. The minimum atomic E-state index is -4.16. The van der Waals surface area contributed by atoms with E-state index in [-0.39, 0.29) is 0 Å². The van der Waals surface area contributed by atoms with E-state index in [9.17, 15) is 8.42 Å². The first-order chi connectivity index (χ1) is 10.8. The molecule has 0 fully saturated rings. The number of fused-ring (bicyclic) bond motifs is 2. The van der Waals surface area contributed by atoms with Crippen LogP contribution in [-0.2, 0) is 14.6 Å². The maximum absolute atomic E-state index is 9.33. The van der Waals surface area contributed by atoms with Gasteiger partial charge in [0.15, 0.2) is 0 Å². The molecule has 1 heterocycles. The van der Waals surface area contributed by atoms with Gasteiger partial charge in [-0.1, -0.05) is 24.3 Å². The first-order valence-corrected chi connectivity index (χ1v) is 8.98. The molecule has 0 bridgehead atoms. The standard InChI is InChI=1S/C16H19N.CH4O4S/c1-12-13-8-4-3-5-10-15(13)17(2)16-11-7-6-9-14(12)16;1-5-6(2,3)4/h6-7,9-11H,3-5,8H2,1-2H3;1H3,(H,2,3,4). The fourth-order valence-corrected chi connectivity index (χ4v) is 3.03. The summed E-state index contributed by atoms with van der Waals surface area (Å²) < 4.78 is 29.7. The molecule has 23 heavy (non-hydrogen) atoms. The van der Waals surface area contributed by atoms with Crippen LogP contribution in [-0.4, -0.2) is 27.1 Å². The fraction of sp³-hybridized carbons (Fsp3) is 0.412. The molecule has 0 spiro atoms. The Morgan fingerprint density at radius 1 is 1.22 bits per heavy atom. The van der Waals surface area contributed by atoms with Crippen LogP contribution < -0.4 is 4.90 Å². The van der Waals surface area contributed by atoms with Crippen LogP contribution in [0.4, 0.5) is 5.69 Å². The van der Waals surface area contributed by atoms with Gasteiger partial charge in [0, 0.05) is 24.0 Å². The van der Waals surface area contributed by atoms with Crippen LogP contribution in [0, 0.1) is 0 Å². The Hall–Kier alpha value is -1.63. The lowest BCUT2D eigenvalue weighted by atomic mass is 9.90. The second-order valence-electron chi connectivity index (χ2n) is 5.61. The van der Waals surface area contributed by atoms with Crippen molar-refractivity contribution in [2.75, 3.05) is 19.1 Å². The summed E-state index contributed by atoms with van der Waals surface area (Å²) in [4.78, 5) is 2.36. The number of para-hydroxylation sites is 1. The minimum Gasteiger partial charge on any atom is -0.344 e. The number of hydrogen-bond acceptors (Lipinski definition) is 4. The molecule has 0 radical (unpaired) electrons. The fourth-order valence-electron chi connectivity index (χ4n) is 3.03. The number of rotatable bonds is 1. The molecule has 1 N–H and O–H groups in total. The van der Waals surface area contributed by atoms with Gasteiger partial charge in [0.25, 0.3) is 0 Å². The van der Waals surface area contributed by atoms with E-state index < -0.39 is 10.4 Å². The van der Waals surface area contributed by atoms with Crippen molar-refractivity contribution in [2.45, 2.75) is 32.6 Å². The summed E-state index contributed by atoms with van der Waals surface area (Å²) in [5, 5.41) is 0. The number of hydrogen-bond donors (Lipinski definition) is 1. The summed E-state index contributed by atoms with van der Waals surface area (Å²) in [5.74, 6) is 0. The first-order valence-electron chi connectivity index (χ1n) is 7.61. The van der Waals surface area contributed by atoms with Crippen molar-refractivity contribution in [1.29, 1.82) is 0 Å². The van der Waals surface area contributed by atoms with Crippen molar-refractivity contribution in [3.63, 3.8) is 0 Å². The second-order valence-corrected chi connectivity index (χ2v) is 6.80. The number of allylic oxidation sites excluding steroid dienone is 3. The zero-order chi connectivity index (χ0) is 17.0. The predicted octanol–water partition coefficient (Wildman–Crippen LogP) is 3.80. The molecule has 1 aromatic rings. The molecule has 0 saturated carbocycles. The molecule has 0 amide bonds. The highest BCUT2D eigenvalue weighted by atomic mass is 32.3. The van der Waals surface area contributed by atoms with Gasteiger partial charge in [0.1, 0.15) is 0 Å². The SMILES string of the molecule is CC1=C2CCCCC=C2N(C)c2ccccc21.COS(=O)(=O)O. The lowest BCUT2D eigenvalue weighted by Crippen LogP contribution is -2.23. The summed E-state index contributed by atoms with van der Waals surface area (Å²) in [6.07, 6.45) is 7.52. The Labute approximate surface area is 138 Å². The Bertz CT molecular complexity index is 735. The van der Waals surface area contributed by atoms with E-state index in [0.717, 1.165) is 7.11 Å². The molecular weight excluding hydrogens is 314 g/mol. The quantitative estimate of drug-likeness (QED) is 0.790. The third-order valence-corrected chi connectivity index (χ3v) is 4.64. The molecule has 0 aromatic heterocycles. The molecule has 6 heteroatoms. The molecule has 2 aliphatic rings. The number of anilines is 1. The molecule has 0 atom stereocenters. The molecule has 1 aliphatic carbocycles. The van der Waals surface area contributed by atoms with Crippen molar-refractivity contribution >= 4 is 21.7 Å². The van der Waals surface area contributed by atoms with Gasteiger partial charge in [0.05, 0.1) is 7.11 Å². The summed E-state index contributed by atoms with van der Waals surface area (Å²) in [5.41, 5.74) is 7.24. The van der Waals surface area contributed by atoms with Gasteiger partial charge in [0.2, 0.25) is 0 Å². The van der Waals surface area contributed by atoms with E-state index in [2.05, 4.69) is 53.4 Å². The van der Waals surface area contributed by atoms with Crippen LogP contribution in [0.2, 0.25) is 0 Å². The maximum Gasteiger partial charge on any atom is 0.397 e. The van der Waals surface area contributed by atoms with Gasteiger partial charge in [-0.15, -0.1) is 0 Å². The van der Waals surface area contributed by atoms with Crippen molar-refractivity contribution < 1.29 is 17.2 Å². The monoisotopic (exact) mass is 337 g/mol. The van der Waals surface area contributed by atoms with Gasteiger partial charge in [-0.3, -0.25) is 8.74 Å². The molecule has 3 rings (SSSR count). The van der Waals surface area contributed by atoms with Crippen molar-refractivity contribution in [3.05, 3.63) is 47.2 Å². The smallest absolute Gasteiger partial charge is 0.344 e. The van der Waals surface area contributed by atoms with E-state index in [0.29, 0.717) is 0 Å². The zero-order valence-corrected chi connectivity index (χ0v) is 14.6. The predicted molar refractivity (Wildman–Crippen MR) is 92.5 cm³/mol. The second kappa shape index (κ2) is 7.29. The Kier molecular flexibility index (Phi) is 5.62. The molecule has 5 nitrogen and oxygen atoms in total. The van der Waals surface area contributed by atoms with Crippen molar-refractivity contribution in [1.82, 2.24) is 0 Å². The van der Waals surface area contributed by atoms with E-state index in [1.165, 1.54) is 48.2 Å². The summed E-state index contributed by atoms with van der Waals surface area (Å²) in [7, 11) is -1.09. The topological polar surface area (TPSA) is 66.8 Å². The van der Waals surface area contributed by atoms with Crippen molar-refractivity contribution in [3.8, 4) is 0 Å². The van der Waals surface area contributed by atoms with Gasteiger partial charge < -0.3 is 4.90 Å². The molecule has 0 saturated heterocycles. The van der Waals surface area contributed by atoms with E-state index >= 15 is 0 Å². The highest BCUT2D eigenvalue weighted by molar-refractivity contribution is 7.80. The normalized spacial score (nSPS) is 17.4. The lowest BCUT2D eigenvalue weighted by molar-refractivity contribution is 0.324. The zero-order valence-electron chi connectivity index (χ0n) is 13.7. The average Bonchev–Trinajstić information content (AvgIpc) is 2.79. The summed E-state index contributed by atoms with van der Waals surface area (Å²) in [6, 6.07) is 8.74. The number of benzene rings is 1. The first kappa shape index (κ1) is 17.7. The largest absolute Gasteiger partial charge is 0.397 e. The Morgan fingerprint density at radius 3 is 2.52 bits per heavy atom. The van der Waals surface area contributed by atoms with Crippen LogP contribution in [0.3, 0.4) is 0 Å². The molecule has 126 valence electrons. The third-order valence-electron chi connectivity index (χ3n) is 4.22. The van der Waals surface area contributed by atoms with Gasteiger partial charge in [-0.2, -0.15) is 8.42 Å².